The number of nitrogens with two attached hydrogens (primary N) is 1. The number of amides is 3. The van der Waals surface area contributed by atoms with Crippen LogP contribution in [0.5, 0.6) is 0 Å². The molecule has 2 N–H and O–H groups in total. The van der Waals surface area contributed by atoms with Crippen molar-refractivity contribution in [1.82, 2.24) is 14.7 Å². The van der Waals surface area contributed by atoms with Crippen molar-refractivity contribution in [3.63, 3.8) is 0 Å². The van der Waals surface area contributed by atoms with Crippen molar-refractivity contribution in [2.24, 2.45) is 11.1 Å². The molecular formula is C13H26N4O2. The fraction of sp³-hybridized carbons (Fsp3) is 0.846. The normalized spacial score (nSPS) is 18.2. The molecule has 1 fully saturated rings. The molecule has 1 aliphatic heterocycles. The van der Waals surface area contributed by atoms with Gasteiger partial charge in [-0.25, -0.2) is 4.79 Å². The van der Waals surface area contributed by atoms with Gasteiger partial charge in [0.15, 0.2) is 0 Å². The quantitative estimate of drug-likeness (QED) is 0.739. The standard InChI is InChI=1S/C13H26N4O2/c1-13(2,3)10(14)11(18)16-6-8-17(9-7-16)12(19)15(4)5/h10H,6-9,14H2,1-5H3/t10-/m0/s1. The Morgan fingerprint density at radius 1 is 1.05 bits per heavy atom. The van der Waals surface area contributed by atoms with E-state index in [1.807, 2.05) is 20.8 Å². The van der Waals surface area contributed by atoms with E-state index in [0.717, 1.165) is 0 Å². The minimum atomic E-state index is -0.497. The van der Waals surface area contributed by atoms with Crippen molar-refractivity contribution in [1.29, 1.82) is 0 Å². The highest BCUT2D eigenvalue weighted by molar-refractivity contribution is 5.83. The molecule has 1 saturated heterocycles. The SMILES string of the molecule is CN(C)C(=O)N1CCN(C(=O)[C@H](N)C(C)(C)C)CC1. The van der Waals surface area contributed by atoms with E-state index in [1.165, 1.54) is 0 Å². The van der Waals surface area contributed by atoms with Crippen LogP contribution < -0.4 is 5.73 Å². The number of hydrogen-bond donors (Lipinski definition) is 1. The highest BCUT2D eigenvalue weighted by atomic mass is 16.2. The zero-order chi connectivity index (χ0) is 14.8. The first-order chi connectivity index (χ1) is 8.64. The number of hydrogen-bond acceptors (Lipinski definition) is 3. The number of urea groups is 1. The summed E-state index contributed by atoms with van der Waals surface area (Å²) in [5, 5.41) is 0. The van der Waals surface area contributed by atoms with Crippen molar-refractivity contribution in [2.45, 2.75) is 26.8 Å². The molecule has 19 heavy (non-hydrogen) atoms. The maximum atomic E-state index is 12.2. The predicted octanol–water partition coefficient (Wildman–Crippen LogP) is 0.186. The molecule has 1 heterocycles. The Kier molecular flexibility index (Phi) is 4.79. The first-order valence-electron chi connectivity index (χ1n) is 6.65. The van der Waals surface area contributed by atoms with Crippen LogP contribution >= 0.6 is 0 Å². The first kappa shape index (κ1) is 15.8. The summed E-state index contributed by atoms with van der Waals surface area (Å²) < 4.78 is 0. The van der Waals surface area contributed by atoms with Crippen LogP contribution in [0.3, 0.4) is 0 Å². The Morgan fingerprint density at radius 3 is 1.84 bits per heavy atom. The topological polar surface area (TPSA) is 69.9 Å². The fourth-order valence-electron chi connectivity index (χ4n) is 1.97. The summed E-state index contributed by atoms with van der Waals surface area (Å²) in [4.78, 5) is 29.1. The largest absolute Gasteiger partial charge is 0.338 e. The van der Waals surface area contributed by atoms with E-state index < -0.39 is 6.04 Å². The van der Waals surface area contributed by atoms with E-state index in [9.17, 15) is 9.59 Å². The van der Waals surface area contributed by atoms with Gasteiger partial charge in [-0.1, -0.05) is 20.8 Å². The van der Waals surface area contributed by atoms with Crippen LogP contribution in [0.2, 0.25) is 0 Å². The summed E-state index contributed by atoms with van der Waals surface area (Å²) in [6.45, 7) is 8.13. The first-order valence-corrected chi connectivity index (χ1v) is 6.65. The molecule has 0 saturated carbocycles. The lowest BCUT2D eigenvalue weighted by Gasteiger charge is -2.38. The third kappa shape index (κ3) is 3.83. The van der Waals surface area contributed by atoms with Gasteiger partial charge in [-0.05, 0) is 5.41 Å². The molecule has 1 aliphatic rings. The van der Waals surface area contributed by atoms with E-state index in [4.69, 9.17) is 5.73 Å². The molecule has 0 bridgehead atoms. The molecule has 0 radical (unpaired) electrons. The molecular weight excluding hydrogens is 244 g/mol. The van der Waals surface area contributed by atoms with Gasteiger partial charge in [0, 0.05) is 40.3 Å². The number of rotatable bonds is 1. The Balaban J connectivity index is 2.55. The summed E-state index contributed by atoms with van der Waals surface area (Å²) in [5.74, 6) is -0.0237. The molecule has 0 unspecified atom stereocenters. The molecule has 1 rings (SSSR count). The van der Waals surface area contributed by atoms with Crippen LogP contribution in [0.15, 0.2) is 0 Å². The van der Waals surface area contributed by atoms with E-state index in [-0.39, 0.29) is 17.4 Å². The van der Waals surface area contributed by atoms with Gasteiger partial charge in [0.1, 0.15) is 0 Å². The summed E-state index contributed by atoms with van der Waals surface area (Å²) in [5.41, 5.74) is 5.75. The smallest absolute Gasteiger partial charge is 0.319 e. The second kappa shape index (κ2) is 5.77. The van der Waals surface area contributed by atoms with E-state index in [1.54, 1.807) is 28.8 Å². The van der Waals surface area contributed by atoms with E-state index in [2.05, 4.69) is 0 Å². The van der Waals surface area contributed by atoms with Gasteiger partial charge in [0.25, 0.3) is 0 Å². The van der Waals surface area contributed by atoms with Crippen LogP contribution in [-0.2, 0) is 4.79 Å². The average Bonchev–Trinajstić information content (AvgIpc) is 2.35. The second-order valence-electron chi connectivity index (χ2n) is 6.33. The molecule has 1 atom stereocenters. The maximum Gasteiger partial charge on any atom is 0.319 e. The minimum Gasteiger partial charge on any atom is -0.338 e. The van der Waals surface area contributed by atoms with Crippen molar-refractivity contribution in [3.05, 3.63) is 0 Å². The highest BCUT2D eigenvalue weighted by Gasteiger charge is 2.33. The molecule has 0 aromatic carbocycles. The Hall–Kier alpha value is -1.30. The average molecular weight is 270 g/mol. The second-order valence-corrected chi connectivity index (χ2v) is 6.33. The zero-order valence-corrected chi connectivity index (χ0v) is 12.6. The van der Waals surface area contributed by atoms with Crippen LogP contribution in [-0.4, -0.2) is 73.0 Å². The molecule has 110 valence electrons. The minimum absolute atomic E-state index is 0.00720. The lowest BCUT2D eigenvalue weighted by molar-refractivity contribution is -0.136. The van der Waals surface area contributed by atoms with Gasteiger partial charge in [-0.15, -0.1) is 0 Å². The van der Waals surface area contributed by atoms with E-state index >= 15 is 0 Å². The predicted molar refractivity (Wildman–Crippen MR) is 74.7 cm³/mol. The molecule has 0 aromatic heterocycles. The van der Waals surface area contributed by atoms with E-state index in [0.29, 0.717) is 26.2 Å². The fourth-order valence-corrected chi connectivity index (χ4v) is 1.97. The lowest BCUT2D eigenvalue weighted by atomic mass is 9.86. The van der Waals surface area contributed by atoms with Gasteiger partial charge in [0.2, 0.25) is 5.91 Å². The van der Waals surface area contributed by atoms with Crippen molar-refractivity contribution >= 4 is 11.9 Å². The molecule has 6 nitrogen and oxygen atoms in total. The number of carbonyl (C=O) groups excluding carboxylic acids is 2. The highest BCUT2D eigenvalue weighted by Crippen LogP contribution is 2.19. The maximum absolute atomic E-state index is 12.2. The van der Waals surface area contributed by atoms with Crippen LogP contribution in [0.25, 0.3) is 0 Å². The Bertz CT molecular complexity index is 341. The van der Waals surface area contributed by atoms with Crippen LogP contribution in [0, 0.1) is 5.41 Å². The third-order valence-electron chi connectivity index (χ3n) is 3.44. The lowest BCUT2D eigenvalue weighted by Crippen LogP contribution is -2.57. The molecule has 6 heteroatoms. The summed E-state index contributed by atoms with van der Waals surface area (Å²) >= 11 is 0. The van der Waals surface area contributed by atoms with Gasteiger partial charge in [0.05, 0.1) is 6.04 Å². The van der Waals surface area contributed by atoms with Crippen LogP contribution in [0.4, 0.5) is 4.79 Å². The molecule has 0 aromatic rings. The van der Waals surface area contributed by atoms with Crippen molar-refractivity contribution in [3.8, 4) is 0 Å². The number of carbonyl (C=O) groups is 2. The monoisotopic (exact) mass is 270 g/mol. The Labute approximate surface area is 115 Å². The Morgan fingerprint density at radius 2 is 1.47 bits per heavy atom. The zero-order valence-electron chi connectivity index (χ0n) is 12.6. The molecule has 0 aliphatic carbocycles. The molecule has 3 amide bonds. The van der Waals surface area contributed by atoms with Gasteiger partial charge < -0.3 is 20.4 Å². The van der Waals surface area contributed by atoms with Crippen LogP contribution in [0.1, 0.15) is 20.8 Å². The van der Waals surface area contributed by atoms with Crippen molar-refractivity contribution < 1.29 is 9.59 Å². The summed E-state index contributed by atoms with van der Waals surface area (Å²) in [6.07, 6.45) is 0. The summed E-state index contributed by atoms with van der Waals surface area (Å²) in [7, 11) is 3.46. The van der Waals surface area contributed by atoms with Gasteiger partial charge in [-0.2, -0.15) is 0 Å². The number of piperazine rings is 1. The van der Waals surface area contributed by atoms with Gasteiger partial charge >= 0.3 is 6.03 Å². The number of nitrogens with zero attached hydrogens (tertiary/aromatic N) is 3. The molecule has 0 spiro atoms. The summed E-state index contributed by atoms with van der Waals surface area (Å²) in [6, 6.07) is -0.504. The van der Waals surface area contributed by atoms with Crippen molar-refractivity contribution in [2.75, 3.05) is 40.3 Å². The third-order valence-corrected chi connectivity index (χ3v) is 3.44. The van der Waals surface area contributed by atoms with Gasteiger partial charge in [-0.3, -0.25) is 4.79 Å².